The smallest absolute Gasteiger partial charge is 0.289 e. The molecule has 1 fully saturated rings. The van der Waals surface area contributed by atoms with Gasteiger partial charge < -0.3 is 23.9 Å². The Bertz CT molecular complexity index is 665. The highest BCUT2D eigenvalue weighted by atomic mass is 16.4. The van der Waals surface area contributed by atoms with E-state index in [0.717, 1.165) is 0 Å². The zero-order valence-corrected chi connectivity index (χ0v) is 13.5. The van der Waals surface area contributed by atoms with Gasteiger partial charge in [0.2, 0.25) is 0 Å². The Balaban J connectivity index is 1.64. The number of rotatable bonds is 5. The van der Waals surface area contributed by atoms with Crippen molar-refractivity contribution in [1.82, 2.24) is 19.4 Å². The standard InChI is InChI=1S/C16H22N4O3/c1-18(2)10-16(22)5-7-20(11-16)15(21)14-4-3-13(23-14)9-19-8-6-17-12-19/h3-4,6,8,12,22H,5,7,9-11H2,1-2H3/t16-/m1/s1. The summed E-state index contributed by atoms with van der Waals surface area (Å²) < 4.78 is 7.52. The molecule has 0 bridgehead atoms. The Kier molecular flexibility index (Phi) is 4.23. The molecule has 3 heterocycles. The third kappa shape index (κ3) is 3.62. The Morgan fingerprint density at radius 1 is 1.48 bits per heavy atom. The summed E-state index contributed by atoms with van der Waals surface area (Å²) in [4.78, 5) is 20.1. The number of likely N-dealkylation sites (tertiary alicyclic amines) is 1. The van der Waals surface area contributed by atoms with Crippen molar-refractivity contribution in [3.63, 3.8) is 0 Å². The fourth-order valence-corrected chi connectivity index (χ4v) is 3.04. The van der Waals surface area contributed by atoms with Gasteiger partial charge in [0.15, 0.2) is 5.76 Å². The number of aromatic nitrogens is 2. The molecule has 1 atom stereocenters. The van der Waals surface area contributed by atoms with Crippen molar-refractivity contribution in [3.8, 4) is 0 Å². The summed E-state index contributed by atoms with van der Waals surface area (Å²) in [5.41, 5.74) is -0.842. The maximum Gasteiger partial charge on any atom is 0.289 e. The SMILES string of the molecule is CN(C)C[C@]1(O)CCN(C(=O)c2ccc(Cn3ccnc3)o2)C1. The normalized spacial score (nSPS) is 21.3. The molecule has 0 radical (unpaired) electrons. The molecule has 7 heteroatoms. The van der Waals surface area contributed by atoms with Crippen LogP contribution in [0.15, 0.2) is 35.3 Å². The van der Waals surface area contributed by atoms with Gasteiger partial charge >= 0.3 is 0 Å². The lowest BCUT2D eigenvalue weighted by atomic mass is 10.0. The first-order valence-electron chi connectivity index (χ1n) is 7.66. The molecule has 124 valence electrons. The van der Waals surface area contributed by atoms with Crippen LogP contribution in [0.2, 0.25) is 0 Å². The number of nitrogens with zero attached hydrogens (tertiary/aromatic N) is 4. The van der Waals surface area contributed by atoms with Crippen LogP contribution in [0, 0.1) is 0 Å². The van der Waals surface area contributed by atoms with Gasteiger partial charge in [-0.2, -0.15) is 0 Å². The molecule has 7 nitrogen and oxygen atoms in total. The molecular formula is C16H22N4O3. The van der Waals surface area contributed by atoms with Gasteiger partial charge in [-0.3, -0.25) is 4.79 Å². The maximum absolute atomic E-state index is 12.5. The van der Waals surface area contributed by atoms with Gasteiger partial charge in [-0.25, -0.2) is 4.98 Å². The zero-order chi connectivity index (χ0) is 16.4. The van der Waals surface area contributed by atoms with Crippen LogP contribution in [0.5, 0.6) is 0 Å². The third-order valence-electron chi connectivity index (χ3n) is 4.00. The van der Waals surface area contributed by atoms with E-state index in [2.05, 4.69) is 4.98 Å². The van der Waals surface area contributed by atoms with Gasteiger partial charge in [-0.1, -0.05) is 0 Å². The van der Waals surface area contributed by atoms with Crippen molar-refractivity contribution in [3.05, 3.63) is 42.4 Å². The van der Waals surface area contributed by atoms with Crippen LogP contribution in [-0.4, -0.2) is 69.7 Å². The van der Waals surface area contributed by atoms with Gasteiger partial charge in [-0.15, -0.1) is 0 Å². The van der Waals surface area contributed by atoms with Crippen molar-refractivity contribution in [1.29, 1.82) is 0 Å². The van der Waals surface area contributed by atoms with Crippen LogP contribution >= 0.6 is 0 Å². The third-order valence-corrected chi connectivity index (χ3v) is 4.00. The lowest BCUT2D eigenvalue weighted by Crippen LogP contribution is -2.43. The summed E-state index contributed by atoms with van der Waals surface area (Å²) in [5, 5.41) is 10.5. The Hall–Kier alpha value is -2.12. The summed E-state index contributed by atoms with van der Waals surface area (Å²) in [7, 11) is 3.83. The quantitative estimate of drug-likeness (QED) is 0.877. The van der Waals surface area contributed by atoms with Crippen LogP contribution in [0.25, 0.3) is 0 Å². The molecule has 1 aliphatic rings. The largest absolute Gasteiger partial charge is 0.454 e. The Labute approximate surface area is 135 Å². The van der Waals surface area contributed by atoms with E-state index in [9.17, 15) is 9.90 Å². The predicted molar refractivity (Wildman–Crippen MR) is 84.1 cm³/mol. The van der Waals surface area contributed by atoms with Crippen LogP contribution in [0.3, 0.4) is 0 Å². The first-order valence-corrected chi connectivity index (χ1v) is 7.66. The minimum atomic E-state index is -0.842. The first-order chi connectivity index (χ1) is 11.0. The number of β-amino-alcohol motifs (C(OH)–C–C–N with tert-alkyl or cyclic N) is 1. The van der Waals surface area contributed by atoms with Crippen LogP contribution < -0.4 is 0 Å². The second-order valence-corrected chi connectivity index (χ2v) is 6.44. The second-order valence-electron chi connectivity index (χ2n) is 6.44. The summed E-state index contributed by atoms with van der Waals surface area (Å²) in [6, 6.07) is 3.49. The van der Waals surface area contributed by atoms with Crippen LogP contribution in [0.4, 0.5) is 0 Å². The van der Waals surface area contributed by atoms with E-state index in [4.69, 9.17) is 4.42 Å². The highest BCUT2D eigenvalue weighted by molar-refractivity contribution is 5.91. The lowest BCUT2D eigenvalue weighted by Gasteiger charge is -2.26. The summed E-state index contributed by atoms with van der Waals surface area (Å²) >= 11 is 0. The van der Waals surface area contributed by atoms with E-state index in [-0.39, 0.29) is 5.91 Å². The van der Waals surface area contributed by atoms with E-state index in [1.807, 2.05) is 29.8 Å². The van der Waals surface area contributed by atoms with Crippen molar-refractivity contribution in [2.24, 2.45) is 0 Å². The summed E-state index contributed by atoms with van der Waals surface area (Å²) in [6.07, 6.45) is 5.82. The minimum absolute atomic E-state index is 0.170. The average Bonchev–Trinajstić information content (AvgIpc) is 3.19. The molecule has 2 aromatic rings. The number of carbonyl (C=O) groups excluding carboxylic acids is 1. The van der Waals surface area contributed by atoms with E-state index in [0.29, 0.717) is 44.1 Å². The monoisotopic (exact) mass is 318 g/mol. The van der Waals surface area contributed by atoms with E-state index in [1.54, 1.807) is 29.6 Å². The molecule has 1 N–H and O–H groups in total. The molecule has 1 aliphatic heterocycles. The fourth-order valence-electron chi connectivity index (χ4n) is 3.04. The molecular weight excluding hydrogens is 296 g/mol. The summed E-state index contributed by atoms with van der Waals surface area (Å²) in [5.74, 6) is 0.847. The van der Waals surface area contributed by atoms with Gasteiger partial charge in [0.25, 0.3) is 5.91 Å². The fraction of sp³-hybridized carbons (Fsp3) is 0.500. The van der Waals surface area contributed by atoms with Gasteiger partial charge in [0, 0.05) is 25.5 Å². The highest BCUT2D eigenvalue weighted by Crippen LogP contribution is 2.24. The van der Waals surface area contributed by atoms with Crippen molar-refractivity contribution in [2.45, 2.75) is 18.6 Å². The van der Waals surface area contributed by atoms with E-state index in [1.165, 1.54) is 0 Å². The molecule has 2 aromatic heterocycles. The lowest BCUT2D eigenvalue weighted by molar-refractivity contribution is 0.0231. The highest BCUT2D eigenvalue weighted by Gasteiger charge is 2.39. The van der Waals surface area contributed by atoms with Crippen molar-refractivity contribution >= 4 is 5.91 Å². The number of amides is 1. The number of hydrogen-bond acceptors (Lipinski definition) is 5. The molecule has 0 saturated carbocycles. The molecule has 0 unspecified atom stereocenters. The molecule has 23 heavy (non-hydrogen) atoms. The first kappa shape index (κ1) is 15.8. The van der Waals surface area contributed by atoms with Crippen molar-refractivity contribution in [2.75, 3.05) is 33.7 Å². The number of aliphatic hydroxyl groups is 1. The average molecular weight is 318 g/mol. The number of imidazole rings is 1. The molecule has 1 saturated heterocycles. The van der Waals surface area contributed by atoms with Crippen LogP contribution in [0.1, 0.15) is 22.7 Å². The molecule has 3 rings (SSSR count). The van der Waals surface area contributed by atoms with Crippen LogP contribution in [-0.2, 0) is 6.54 Å². The van der Waals surface area contributed by atoms with Gasteiger partial charge in [-0.05, 0) is 32.6 Å². The van der Waals surface area contributed by atoms with Gasteiger partial charge in [0.05, 0.1) is 25.0 Å². The predicted octanol–water partition coefficient (Wildman–Crippen LogP) is 0.663. The van der Waals surface area contributed by atoms with Gasteiger partial charge in [0.1, 0.15) is 5.76 Å². The molecule has 1 amide bonds. The maximum atomic E-state index is 12.5. The number of furan rings is 1. The number of hydrogen-bond donors (Lipinski definition) is 1. The number of likely N-dealkylation sites (N-methyl/N-ethyl adjacent to an activating group) is 1. The molecule has 0 spiro atoms. The number of carbonyl (C=O) groups is 1. The molecule has 0 aromatic carbocycles. The minimum Gasteiger partial charge on any atom is -0.454 e. The zero-order valence-electron chi connectivity index (χ0n) is 13.5. The topological polar surface area (TPSA) is 74.7 Å². The summed E-state index contributed by atoms with van der Waals surface area (Å²) in [6.45, 7) is 1.96. The van der Waals surface area contributed by atoms with Crippen molar-refractivity contribution < 1.29 is 14.3 Å². The Morgan fingerprint density at radius 3 is 3.00 bits per heavy atom. The molecule has 0 aliphatic carbocycles. The van der Waals surface area contributed by atoms with E-state index >= 15 is 0 Å². The Morgan fingerprint density at radius 2 is 2.30 bits per heavy atom. The van der Waals surface area contributed by atoms with E-state index < -0.39 is 5.60 Å². The second kappa shape index (κ2) is 6.17.